The van der Waals surface area contributed by atoms with Crippen LogP contribution in [0.5, 0.6) is 0 Å². The Morgan fingerprint density at radius 3 is 2.65 bits per heavy atom. The number of rotatable bonds is 3. The van der Waals surface area contributed by atoms with Gasteiger partial charge in [-0.25, -0.2) is 0 Å². The minimum Gasteiger partial charge on any atom is -0.393 e. The van der Waals surface area contributed by atoms with Crippen molar-refractivity contribution >= 4 is 29.1 Å². The predicted molar refractivity (Wildman–Crippen MR) is 68.1 cm³/mol. The third-order valence-electron chi connectivity index (χ3n) is 4.07. The molecule has 0 heterocycles. The second kappa shape index (κ2) is 4.60. The average molecular weight is 280 g/mol. The van der Waals surface area contributed by atoms with Crippen LogP contribution in [0.25, 0.3) is 0 Å². The van der Waals surface area contributed by atoms with Crippen LogP contribution in [0.4, 0.5) is 0 Å². The van der Waals surface area contributed by atoms with Crippen molar-refractivity contribution in [2.75, 3.05) is 6.54 Å². The Morgan fingerprint density at radius 1 is 1.47 bits per heavy atom. The zero-order valence-electron chi connectivity index (χ0n) is 10.0. The summed E-state index contributed by atoms with van der Waals surface area (Å²) in [5, 5.41) is 12.5. The van der Waals surface area contributed by atoms with Crippen LogP contribution in [0.15, 0.2) is 0 Å². The van der Waals surface area contributed by atoms with Gasteiger partial charge in [0, 0.05) is 6.54 Å². The van der Waals surface area contributed by atoms with Crippen molar-refractivity contribution < 1.29 is 9.90 Å². The van der Waals surface area contributed by atoms with Gasteiger partial charge in [0.05, 0.1) is 11.5 Å². The van der Waals surface area contributed by atoms with Crippen LogP contribution in [0.3, 0.4) is 0 Å². The molecule has 0 aromatic rings. The molecule has 0 bridgehead atoms. The van der Waals surface area contributed by atoms with Crippen LogP contribution in [-0.2, 0) is 4.79 Å². The Bertz CT molecular complexity index is 322. The predicted octanol–water partition coefficient (Wildman–Crippen LogP) is 2.24. The molecule has 0 aliphatic heterocycles. The smallest absolute Gasteiger partial charge is 0.229 e. The van der Waals surface area contributed by atoms with Crippen molar-refractivity contribution in [3.8, 4) is 0 Å². The number of nitrogens with one attached hydrogen (secondary N) is 1. The monoisotopic (exact) mass is 279 g/mol. The van der Waals surface area contributed by atoms with Crippen LogP contribution in [0.2, 0.25) is 0 Å². The van der Waals surface area contributed by atoms with Crippen LogP contribution in [0.1, 0.15) is 39.0 Å². The topological polar surface area (TPSA) is 49.3 Å². The third-order valence-corrected chi connectivity index (χ3v) is 5.17. The van der Waals surface area contributed by atoms with E-state index >= 15 is 0 Å². The van der Waals surface area contributed by atoms with Crippen molar-refractivity contribution in [3.63, 3.8) is 0 Å². The van der Waals surface area contributed by atoms with E-state index in [0.29, 0.717) is 18.9 Å². The fourth-order valence-corrected chi connectivity index (χ4v) is 3.23. The first-order chi connectivity index (χ1) is 7.85. The van der Waals surface area contributed by atoms with E-state index in [1.54, 1.807) is 6.92 Å². The van der Waals surface area contributed by atoms with E-state index in [0.717, 1.165) is 25.7 Å². The van der Waals surface area contributed by atoms with Crippen molar-refractivity contribution in [2.45, 2.75) is 49.5 Å². The Balaban J connectivity index is 1.77. The maximum Gasteiger partial charge on any atom is 0.229 e. The minimum atomic E-state index is -0.900. The summed E-state index contributed by atoms with van der Waals surface area (Å²) in [4.78, 5) is 11.9. The number of carbonyl (C=O) groups is 1. The van der Waals surface area contributed by atoms with Crippen LogP contribution in [0, 0.1) is 11.3 Å². The van der Waals surface area contributed by atoms with Gasteiger partial charge >= 0.3 is 0 Å². The number of aliphatic hydroxyl groups excluding tert-OH is 1. The number of aliphatic hydroxyl groups is 1. The van der Waals surface area contributed by atoms with Gasteiger partial charge < -0.3 is 10.4 Å². The van der Waals surface area contributed by atoms with Gasteiger partial charge in [0.15, 0.2) is 0 Å². The summed E-state index contributed by atoms with van der Waals surface area (Å²) < 4.78 is -0.900. The SMILES string of the molecule is CC1(C(=O)NCC2CCCC(O)C2)CC1(Cl)Cl. The number of alkyl halides is 2. The Kier molecular flexibility index (Phi) is 3.64. The molecule has 1 amide bonds. The average Bonchev–Trinajstić information content (AvgIpc) is 2.76. The molecule has 0 aromatic carbocycles. The van der Waals surface area contributed by atoms with Gasteiger partial charge in [-0.15, -0.1) is 23.2 Å². The van der Waals surface area contributed by atoms with E-state index in [1.165, 1.54) is 0 Å². The molecule has 17 heavy (non-hydrogen) atoms. The molecule has 3 nitrogen and oxygen atoms in total. The summed E-state index contributed by atoms with van der Waals surface area (Å²) in [5.41, 5.74) is -0.636. The molecule has 2 aliphatic carbocycles. The zero-order chi connectivity index (χ0) is 12.7. The molecule has 3 unspecified atom stereocenters. The molecule has 2 saturated carbocycles. The first-order valence-electron chi connectivity index (χ1n) is 6.19. The molecule has 98 valence electrons. The Hall–Kier alpha value is 0.01000. The van der Waals surface area contributed by atoms with E-state index in [9.17, 15) is 9.90 Å². The minimum absolute atomic E-state index is 0.0671. The fraction of sp³-hybridized carbons (Fsp3) is 0.917. The Labute approximate surface area is 112 Å². The molecule has 2 N–H and O–H groups in total. The van der Waals surface area contributed by atoms with Gasteiger partial charge in [0.1, 0.15) is 4.33 Å². The van der Waals surface area contributed by atoms with E-state index in [2.05, 4.69) is 5.32 Å². The van der Waals surface area contributed by atoms with E-state index in [-0.39, 0.29) is 12.0 Å². The molecule has 2 fully saturated rings. The maximum atomic E-state index is 11.9. The summed E-state index contributed by atoms with van der Waals surface area (Å²) in [6, 6.07) is 0. The highest BCUT2D eigenvalue weighted by Crippen LogP contribution is 2.63. The summed E-state index contributed by atoms with van der Waals surface area (Å²) in [5.74, 6) is 0.313. The maximum absolute atomic E-state index is 11.9. The third kappa shape index (κ3) is 2.72. The van der Waals surface area contributed by atoms with Crippen molar-refractivity contribution in [2.24, 2.45) is 11.3 Å². The van der Waals surface area contributed by atoms with Gasteiger partial charge in [-0.2, -0.15) is 0 Å². The van der Waals surface area contributed by atoms with Crippen LogP contribution >= 0.6 is 23.2 Å². The number of halogens is 2. The van der Waals surface area contributed by atoms with Gasteiger partial charge in [0.25, 0.3) is 0 Å². The van der Waals surface area contributed by atoms with Crippen LogP contribution in [-0.4, -0.2) is 28.0 Å². The van der Waals surface area contributed by atoms with E-state index in [4.69, 9.17) is 23.2 Å². The first kappa shape index (κ1) is 13.4. The van der Waals surface area contributed by atoms with Gasteiger partial charge in [-0.3, -0.25) is 4.79 Å². The van der Waals surface area contributed by atoms with Crippen LogP contribution < -0.4 is 5.32 Å². The quantitative estimate of drug-likeness (QED) is 0.779. The highest BCUT2D eigenvalue weighted by atomic mass is 35.5. The van der Waals surface area contributed by atoms with Gasteiger partial charge in [0.2, 0.25) is 5.91 Å². The number of amides is 1. The molecule has 5 heteroatoms. The lowest BCUT2D eigenvalue weighted by molar-refractivity contribution is -0.126. The molecule has 2 aliphatic rings. The highest BCUT2D eigenvalue weighted by Gasteiger charge is 2.67. The summed E-state index contributed by atoms with van der Waals surface area (Å²) in [6.07, 6.45) is 4.08. The van der Waals surface area contributed by atoms with Crippen molar-refractivity contribution in [1.82, 2.24) is 5.32 Å². The number of carbonyl (C=O) groups excluding carboxylic acids is 1. The summed E-state index contributed by atoms with van der Waals surface area (Å²) in [6.45, 7) is 2.41. The van der Waals surface area contributed by atoms with Gasteiger partial charge in [-0.1, -0.05) is 6.42 Å². The Morgan fingerprint density at radius 2 is 2.12 bits per heavy atom. The lowest BCUT2D eigenvalue weighted by Crippen LogP contribution is -2.38. The van der Waals surface area contributed by atoms with Gasteiger partial charge in [-0.05, 0) is 38.5 Å². The lowest BCUT2D eigenvalue weighted by atomic mass is 9.87. The molecular weight excluding hydrogens is 261 g/mol. The standard InChI is InChI=1S/C12H19Cl2NO2/c1-11(7-12(11,13)14)10(17)15-6-8-3-2-4-9(16)5-8/h8-9,16H,2-7H2,1H3,(H,15,17). The molecule has 0 radical (unpaired) electrons. The van der Waals surface area contributed by atoms with E-state index < -0.39 is 9.75 Å². The zero-order valence-corrected chi connectivity index (χ0v) is 11.5. The highest BCUT2D eigenvalue weighted by molar-refractivity contribution is 6.53. The summed E-state index contributed by atoms with van der Waals surface area (Å²) in [7, 11) is 0. The normalized spacial score (nSPS) is 39.8. The fourth-order valence-electron chi connectivity index (χ4n) is 2.53. The first-order valence-corrected chi connectivity index (χ1v) is 6.95. The molecule has 0 spiro atoms. The van der Waals surface area contributed by atoms with Crippen molar-refractivity contribution in [3.05, 3.63) is 0 Å². The lowest BCUT2D eigenvalue weighted by Gasteiger charge is -2.26. The summed E-state index contributed by atoms with van der Waals surface area (Å²) >= 11 is 11.9. The molecule has 0 saturated heterocycles. The number of hydrogen-bond donors (Lipinski definition) is 2. The molecule has 2 rings (SSSR count). The second-order valence-electron chi connectivity index (χ2n) is 5.61. The largest absolute Gasteiger partial charge is 0.393 e. The van der Waals surface area contributed by atoms with Crippen molar-refractivity contribution in [1.29, 1.82) is 0 Å². The second-order valence-corrected chi connectivity index (χ2v) is 7.09. The molecule has 3 atom stereocenters. The number of hydrogen-bond acceptors (Lipinski definition) is 2. The molecule has 0 aromatic heterocycles. The molecular formula is C12H19Cl2NO2. The van der Waals surface area contributed by atoms with E-state index in [1.807, 2.05) is 0 Å².